The van der Waals surface area contributed by atoms with Crippen molar-refractivity contribution in [2.45, 2.75) is 76.4 Å². The number of amides is 1. The van der Waals surface area contributed by atoms with Crippen molar-refractivity contribution in [3.05, 3.63) is 0 Å². The van der Waals surface area contributed by atoms with Gasteiger partial charge in [-0.25, -0.2) is 0 Å². The number of likely N-dealkylation sites (tertiary alicyclic amines) is 1. The number of rotatable bonds is 5. The SMILES string of the molecule is CNC1CCCN(CC(=O)N(C2CCC(C)CC2)C2CC2)C1.Cl. The molecule has 23 heavy (non-hydrogen) atoms. The van der Waals surface area contributed by atoms with E-state index in [0.717, 1.165) is 19.0 Å². The summed E-state index contributed by atoms with van der Waals surface area (Å²) in [5.41, 5.74) is 0. The van der Waals surface area contributed by atoms with Gasteiger partial charge in [0.15, 0.2) is 0 Å². The van der Waals surface area contributed by atoms with E-state index in [4.69, 9.17) is 0 Å². The molecule has 1 unspecified atom stereocenters. The Morgan fingerprint density at radius 3 is 2.26 bits per heavy atom. The standard InChI is InChI=1S/C18H33N3O.ClH/c1-14-5-7-16(8-6-14)21(17-9-10-17)18(22)13-20-11-3-4-15(12-20)19-2;/h14-17,19H,3-13H2,1-2H3;1H. The third-order valence-corrected chi connectivity index (χ3v) is 5.88. The van der Waals surface area contributed by atoms with Crippen LogP contribution in [-0.2, 0) is 4.79 Å². The van der Waals surface area contributed by atoms with Crippen LogP contribution in [0.1, 0.15) is 58.3 Å². The molecule has 0 aromatic heterocycles. The monoisotopic (exact) mass is 343 g/mol. The minimum atomic E-state index is 0. The highest BCUT2D eigenvalue weighted by molar-refractivity contribution is 5.85. The summed E-state index contributed by atoms with van der Waals surface area (Å²) in [6, 6.07) is 1.66. The first-order valence-electron chi connectivity index (χ1n) is 9.38. The Labute approximate surface area is 147 Å². The molecule has 0 aromatic rings. The fourth-order valence-electron chi connectivity index (χ4n) is 4.29. The molecule has 0 spiro atoms. The fraction of sp³-hybridized carbons (Fsp3) is 0.944. The van der Waals surface area contributed by atoms with Crippen molar-refractivity contribution in [1.82, 2.24) is 15.1 Å². The maximum Gasteiger partial charge on any atom is 0.237 e. The molecule has 3 fully saturated rings. The average Bonchev–Trinajstić information content (AvgIpc) is 3.34. The third kappa shape index (κ3) is 5.07. The molecule has 5 heteroatoms. The van der Waals surface area contributed by atoms with E-state index in [-0.39, 0.29) is 12.4 Å². The highest BCUT2D eigenvalue weighted by atomic mass is 35.5. The summed E-state index contributed by atoms with van der Waals surface area (Å²) in [5, 5.41) is 3.37. The second-order valence-electron chi connectivity index (χ2n) is 7.81. The number of piperidine rings is 1. The Bertz CT molecular complexity index is 380. The van der Waals surface area contributed by atoms with Crippen LogP contribution >= 0.6 is 12.4 Å². The van der Waals surface area contributed by atoms with Crippen molar-refractivity contribution in [2.75, 3.05) is 26.7 Å². The van der Waals surface area contributed by atoms with Crippen molar-refractivity contribution in [1.29, 1.82) is 0 Å². The zero-order valence-corrected chi connectivity index (χ0v) is 15.6. The van der Waals surface area contributed by atoms with Crippen LogP contribution in [0.4, 0.5) is 0 Å². The first-order valence-corrected chi connectivity index (χ1v) is 9.38. The van der Waals surface area contributed by atoms with E-state index in [9.17, 15) is 4.79 Å². The van der Waals surface area contributed by atoms with E-state index in [1.165, 1.54) is 51.4 Å². The quantitative estimate of drug-likeness (QED) is 0.833. The van der Waals surface area contributed by atoms with E-state index in [0.29, 0.717) is 30.6 Å². The van der Waals surface area contributed by atoms with Crippen molar-refractivity contribution >= 4 is 18.3 Å². The van der Waals surface area contributed by atoms with Gasteiger partial charge in [-0.2, -0.15) is 0 Å². The molecule has 3 rings (SSSR count). The number of halogens is 1. The summed E-state index contributed by atoms with van der Waals surface area (Å²) in [6.45, 7) is 5.11. The number of nitrogens with zero attached hydrogens (tertiary/aromatic N) is 2. The van der Waals surface area contributed by atoms with Gasteiger partial charge in [0.1, 0.15) is 0 Å². The Balaban J connectivity index is 0.00000192. The van der Waals surface area contributed by atoms with Crippen molar-refractivity contribution in [3.63, 3.8) is 0 Å². The number of hydrogen-bond donors (Lipinski definition) is 1. The predicted molar refractivity (Wildman–Crippen MR) is 97.1 cm³/mol. The molecule has 1 N–H and O–H groups in total. The molecule has 1 atom stereocenters. The van der Waals surface area contributed by atoms with E-state index in [1.807, 2.05) is 7.05 Å². The minimum absolute atomic E-state index is 0. The molecule has 1 saturated heterocycles. The van der Waals surface area contributed by atoms with Gasteiger partial charge in [0.05, 0.1) is 6.54 Å². The second kappa shape index (κ2) is 8.68. The summed E-state index contributed by atoms with van der Waals surface area (Å²) in [4.78, 5) is 17.6. The maximum absolute atomic E-state index is 12.9. The number of hydrogen-bond acceptors (Lipinski definition) is 3. The van der Waals surface area contributed by atoms with E-state index in [2.05, 4.69) is 22.0 Å². The van der Waals surface area contributed by atoms with Crippen molar-refractivity contribution in [2.24, 2.45) is 5.92 Å². The van der Waals surface area contributed by atoms with Gasteiger partial charge in [0, 0.05) is 24.7 Å². The number of nitrogens with one attached hydrogen (secondary N) is 1. The molecule has 2 saturated carbocycles. The first kappa shape index (κ1) is 19.0. The molecule has 4 nitrogen and oxygen atoms in total. The molecule has 1 heterocycles. The molecule has 3 aliphatic rings. The number of carbonyl (C=O) groups excluding carboxylic acids is 1. The lowest BCUT2D eigenvalue weighted by Crippen LogP contribution is -2.51. The van der Waals surface area contributed by atoms with Crippen LogP contribution in [0.2, 0.25) is 0 Å². The van der Waals surface area contributed by atoms with Gasteiger partial charge in [-0.15, -0.1) is 12.4 Å². The molecule has 134 valence electrons. The van der Waals surface area contributed by atoms with Gasteiger partial charge in [0.25, 0.3) is 0 Å². The second-order valence-corrected chi connectivity index (χ2v) is 7.81. The van der Waals surface area contributed by atoms with Gasteiger partial charge < -0.3 is 10.2 Å². The molecule has 1 aliphatic heterocycles. The number of carbonyl (C=O) groups is 1. The molecular formula is C18H34ClN3O. The lowest BCUT2D eigenvalue weighted by Gasteiger charge is -2.39. The topological polar surface area (TPSA) is 35.6 Å². The van der Waals surface area contributed by atoms with E-state index in [1.54, 1.807) is 0 Å². The van der Waals surface area contributed by atoms with E-state index < -0.39 is 0 Å². The van der Waals surface area contributed by atoms with Gasteiger partial charge in [-0.3, -0.25) is 9.69 Å². The minimum Gasteiger partial charge on any atom is -0.336 e. The van der Waals surface area contributed by atoms with Gasteiger partial charge in [-0.05, 0) is 70.9 Å². The normalized spacial score (nSPS) is 32.2. The van der Waals surface area contributed by atoms with Crippen LogP contribution in [0, 0.1) is 5.92 Å². The molecule has 1 amide bonds. The molecule has 2 aliphatic carbocycles. The molecule has 0 radical (unpaired) electrons. The van der Waals surface area contributed by atoms with Crippen molar-refractivity contribution < 1.29 is 4.79 Å². The largest absolute Gasteiger partial charge is 0.336 e. The molecular weight excluding hydrogens is 310 g/mol. The van der Waals surface area contributed by atoms with Crippen LogP contribution in [-0.4, -0.2) is 60.5 Å². The lowest BCUT2D eigenvalue weighted by atomic mass is 9.86. The van der Waals surface area contributed by atoms with Crippen LogP contribution in [0.5, 0.6) is 0 Å². The smallest absolute Gasteiger partial charge is 0.237 e. The molecule has 0 aromatic carbocycles. The van der Waals surface area contributed by atoms with Gasteiger partial charge in [-0.1, -0.05) is 6.92 Å². The Kier molecular flexibility index (Phi) is 7.18. The highest BCUT2D eigenvalue weighted by Gasteiger charge is 2.38. The van der Waals surface area contributed by atoms with Crippen molar-refractivity contribution in [3.8, 4) is 0 Å². The van der Waals surface area contributed by atoms with Crippen LogP contribution in [0.25, 0.3) is 0 Å². The van der Waals surface area contributed by atoms with Gasteiger partial charge in [0.2, 0.25) is 5.91 Å². The van der Waals surface area contributed by atoms with Gasteiger partial charge >= 0.3 is 0 Å². The maximum atomic E-state index is 12.9. The van der Waals surface area contributed by atoms with Crippen LogP contribution in [0.15, 0.2) is 0 Å². The zero-order chi connectivity index (χ0) is 15.5. The third-order valence-electron chi connectivity index (χ3n) is 5.88. The summed E-state index contributed by atoms with van der Waals surface area (Å²) < 4.78 is 0. The predicted octanol–water partition coefficient (Wildman–Crippen LogP) is 2.66. The molecule has 0 bridgehead atoms. The Morgan fingerprint density at radius 1 is 1.09 bits per heavy atom. The summed E-state index contributed by atoms with van der Waals surface area (Å²) >= 11 is 0. The Hall–Kier alpha value is -0.320. The first-order chi connectivity index (χ1) is 10.7. The fourth-order valence-corrected chi connectivity index (χ4v) is 4.29. The van der Waals surface area contributed by atoms with Crippen LogP contribution < -0.4 is 5.32 Å². The Morgan fingerprint density at radius 2 is 1.70 bits per heavy atom. The summed E-state index contributed by atoms with van der Waals surface area (Å²) in [5.74, 6) is 1.25. The average molecular weight is 344 g/mol. The summed E-state index contributed by atoms with van der Waals surface area (Å²) in [6.07, 6.45) is 9.97. The summed E-state index contributed by atoms with van der Waals surface area (Å²) in [7, 11) is 2.04. The van der Waals surface area contributed by atoms with E-state index >= 15 is 0 Å². The zero-order valence-electron chi connectivity index (χ0n) is 14.8. The number of likely N-dealkylation sites (N-methyl/N-ethyl adjacent to an activating group) is 1. The lowest BCUT2D eigenvalue weighted by molar-refractivity contribution is -0.136. The highest BCUT2D eigenvalue weighted by Crippen LogP contribution is 2.35. The van der Waals surface area contributed by atoms with Crippen LogP contribution in [0.3, 0.4) is 0 Å².